The van der Waals surface area contributed by atoms with Gasteiger partial charge in [-0.05, 0) is 63.1 Å². The fraction of sp³-hybridized carbons (Fsp3) is 0.294. The second-order valence-corrected chi connectivity index (χ2v) is 12.8. The summed E-state index contributed by atoms with van der Waals surface area (Å²) < 4.78 is 9.00. The van der Waals surface area contributed by atoms with E-state index in [2.05, 4.69) is 84.6 Å². The number of nitrogens with one attached hydrogen (secondary N) is 3. The lowest BCUT2D eigenvalue weighted by Crippen LogP contribution is -2.29. The molecule has 4 aromatic heterocycles. The van der Waals surface area contributed by atoms with Gasteiger partial charge in [-0.15, -0.1) is 11.3 Å². The molecule has 0 spiro atoms. The van der Waals surface area contributed by atoms with Crippen molar-refractivity contribution in [3.63, 3.8) is 0 Å². The number of thiazole rings is 1. The van der Waals surface area contributed by atoms with E-state index in [1.807, 2.05) is 13.1 Å². The normalized spacial score (nSPS) is 17.3. The number of ether oxygens (including phenoxy) is 1. The Balaban J connectivity index is 1.17. The fourth-order valence-corrected chi connectivity index (χ4v) is 7.41. The van der Waals surface area contributed by atoms with Crippen molar-refractivity contribution in [2.24, 2.45) is 0 Å². The number of nitrogens with zero attached hydrogens (tertiary/aromatic N) is 5. The fourth-order valence-electron chi connectivity index (χ4n) is 6.60. The highest BCUT2D eigenvalue weighted by Gasteiger charge is 2.33. The smallest absolute Gasteiger partial charge is 0.407 e. The van der Waals surface area contributed by atoms with Gasteiger partial charge in [-0.25, -0.2) is 19.7 Å². The zero-order chi connectivity index (χ0) is 31.4. The van der Waals surface area contributed by atoms with E-state index in [0.717, 1.165) is 92.8 Å². The van der Waals surface area contributed by atoms with Gasteiger partial charge in [0.1, 0.15) is 17.4 Å². The van der Waals surface area contributed by atoms with Crippen LogP contribution in [-0.4, -0.2) is 58.7 Å². The van der Waals surface area contributed by atoms with E-state index in [1.54, 1.807) is 17.5 Å². The maximum Gasteiger partial charge on any atom is 0.407 e. The highest BCUT2D eigenvalue weighted by atomic mass is 32.1. The molecule has 2 atom stereocenters. The van der Waals surface area contributed by atoms with Gasteiger partial charge < -0.3 is 25.1 Å². The monoisotopic (exact) mass is 634 g/mol. The quantitative estimate of drug-likeness (QED) is 0.131. The molecule has 2 aromatic carbocycles. The Morgan fingerprint density at radius 3 is 2.76 bits per heavy atom. The first-order chi connectivity index (χ1) is 22.5. The van der Waals surface area contributed by atoms with Crippen LogP contribution in [0.1, 0.15) is 60.8 Å². The third kappa shape index (κ3) is 4.94. The van der Waals surface area contributed by atoms with Crippen molar-refractivity contribution in [2.75, 3.05) is 13.1 Å². The van der Waals surface area contributed by atoms with E-state index < -0.39 is 12.3 Å². The first kappa shape index (κ1) is 28.5. The zero-order valence-electron chi connectivity index (χ0n) is 25.6. The van der Waals surface area contributed by atoms with Crippen molar-refractivity contribution in [3.8, 4) is 39.5 Å². The van der Waals surface area contributed by atoms with E-state index in [9.17, 15) is 9.90 Å². The van der Waals surface area contributed by atoms with E-state index in [1.165, 1.54) is 4.90 Å². The lowest BCUT2D eigenvalue weighted by molar-refractivity contribution is 0.139. The van der Waals surface area contributed by atoms with Gasteiger partial charge in [-0.1, -0.05) is 19.1 Å². The minimum Gasteiger partial charge on any atom is -0.465 e. The molecule has 4 N–H and O–H groups in total. The van der Waals surface area contributed by atoms with Crippen LogP contribution in [-0.2, 0) is 6.54 Å². The number of rotatable bonds is 8. The molecule has 0 aliphatic carbocycles. The standard InChI is InChI=1S/C34H34N8O3S/c1-3-10-35-17-30-36-15-24(39-30)21-6-8-23-28-13-22-12-20(25-16-37-31(40-25)27-5-4-11-41(27)34(43)44)7-9-26(22)42(28)33(45-29(23)14-21)32-38-19(2)18-46-32/h6-9,12-16,18,27,33,35H,3-5,10-11,17H2,1-2H3,(H,36,39)(H,37,40)(H,43,44). The van der Waals surface area contributed by atoms with Gasteiger partial charge in [0.05, 0.1) is 47.6 Å². The third-order valence-electron chi connectivity index (χ3n) is 8.80. The van der Waals surface area contributed by atoms with Crippen LogP contribution in [0.15, 0.2) is 60.2 Å². The molecule has 2 aliphatic heterocycles. The van der Waals surface area contributed by atoms with Crippen molar-refractivity contribution in [1.29, 1.82) is 0 Å². The first-order valence-corrected chi connectivity index (χ1v) is 16.5. The number of hydrogen-bond acceptors (Lipinski definition) is 7. The number of carboxylic acid groups (broad SMARTS) is 1. The predicted molar refractivity (Wildman–Crippen MR) is 177 cm³/mol. The number of benzene rings is 2. The van der Waals surface area contributed by atoms with Crippen LogP contribution in [0.25, 0.3) is 44.7 Å². The van der Waals surface area contributed by atoms with Crippen LogP contribution in [0.3, 0.4) is 0 Å². The van der Waals surface area contributed by atoms with Crippen LogP contribution in [0, 0.1) is 6.92 Å². The average molecular weight is 635 g/mol. The number of hydrogen-bond donors (Lipinski definition) is 4. The number of carbonyl (C=O) groups is 1. The Bertz CT molecular complexity index is 2070. The van der Waals surface area contributed by atoms with Crippen LogP contribution >= 0.6 is 11.3 Å². The number of fused-ring (bicyclic) bond motifs is 5. The molecule has 1 saturated heterocycles. The lowest BCUT2D eigenvalue weighted by Gasteiger charge is -2.29. The molecule has 0 bridgehead atoms. The van der Waals surface area contributed by atoms with Crippen LogP contribution in [0.4, 0.5) is 4.79 Å². The highest BCUT2D eigenvalue weighted by Crippen LogP contribution is 2.46. The molecule has 1 fully saturated rings. The molecule has 46 heavy (non-hydrogen) atoms. The summed E-state index contributed by atoms with van der Waals surface area (Å²) in [7, 11) is 0. The van der Waals surface area contributed by atoms with Gasteiger partial charge in [-0.3, -0.25) is 9.47 Å². The number of imidazole rings is 2. The summed E-state index contributed by atoms with van der Waals surface area (Å²) in [4.78, 5) is 34.0. The SMILES string of the molecule is CCCNCc1ncc(-c2ccc3c(c2)OC(c2nc(C)cs2)n2c-3cc3cc(-c4cnc(C5CCCN5C(=O)O)[nH]4)ccc32)[nH]1. The van der Waals surface area contributed by atoms with E-state index in [0.29, 0.717) is 18.9 Å². The minimum absolute atomic E-state index is 0.246. The van der Waals surface area contributed by atoms with Crippen LogP contribution < -0.4 is 10.1 Å². The molecule has 12 heteroatoms. The summed E-state index contributed by atoms with van der Waals surface area (Å²) in [5.41, 5.74) is 7.86. The molecular formula is C34H34N8O3S. The molecular weight excluding hydrogens is 600 g/mol. The summed E-state index contributed by atoms with van der Waals surface area (Å²) in [6, 6.07) is 14.6. The molecule has 234 valence electrons. The van der Waals surface area contributed by atoms with Gasteiger partial charge in [0.15, 0.2) is 5.01 Å². The molecule has 0 saturated carbocycles. The number of aromatic amines is 2. The lowest BCUT2D eigenvalue weighted by atomic mass is 10.0. The first-order valence-electron chi connectivity index (χ1n) is 15.6. The van der Waals surface area contributed by atoms with Crippen molar-refractivity contribution >= 4 is 28.3 Å². The van der Waals surface area contributed by atoms with Gasteiger partial charge >= 0.3 is 6.09 Å². The van der Waals surface area contributed by atoms with Gasteiger partial charge in [0, 0.05) is 39.7 Å². The summed E-state index contributed by atoms with van der Waals surface area (Å²) in [5, 5.41) is 17.0. The zero-order valence-corrected chi connectivity index (χ0v) is 26.4. The number of aromatic nitrogens is 6. The Hall–Kier alpha value is -4.94. The minimum atomic E-state index is -0.908. The molecule has 6 heterocycles. The number of H-pyrrole nitrogens is 2. The van der Waals surface area contributed by atoms with E-state index in [4.69, 9.17) is 9.72 Å². The predicted octanol–water partition coefficient (Wildman–Crippen LogP) is 7.11. The van der Waals surface area contributed by atoms with Crippen molar-refractivity contribution in [3.05, 3.63) is 82.6 Å². The number of likely N-dealkylation sites (tertiary alicyclic amines) is 1. The molecule has 2 aliphatic rings. The molecule has 8 rings (SSSR count). The molecule has 2 unspecified atom stereocenters. The Labute approximate surface area is 269 Å². The highest BCUT2D eigenvalue weighted by molar-refractivity contribution is 7.09. The van der Waals surface area contributed by atoms with Gasteiger partial charge in [0.25, 0.3) is 0 Å². The van der Waals surface area contributed by atoms with Crippen LogP contribution in [0.2, 0.25) is 0 Å². The Morgan fingerprint density at radius 1 is 1.11 bits per heavy atom. The summed E-state index contributed by atoms with van der Waals surface area (Å²) >= 11 is 1.60. The van der Waals surface area contributed by atoms with E-state index >= 15 is 0 Å². The van der Waals surface area contributed by atoms with E-state index in [-0.39, 0.29) is 6.04 Å². The van der Waals surface area contributed by atoms with Crippen molar-refractivity contribution in [2.45, 2.75) is 51.9 Å². The topological polar surface area (TPSA) is 137 Å². The Kier molecular flexibility index (Phi) is 7.10. The largest absolute Gasteiger partial charge is 0.465 e. The summed E-state index contributed by atoms with van der Waals surface area (Å²) in [6.07, 6.45) is 5.02. The van der Waals surface area contributed by atoms with Crippen molar-refractivity contribution in [1.82, 2.24) is 39.7 Å². The summed E-state index contributed by atoms with van der Waals surface area (Å²) in [6.45, 7) is 6.33. The molecule has 11 nitrogen and oxygen atoms in total. The third-order valence-corrected chi connectivity index (χ3v) is 9.79. The van der Waals surface area contributed by atoms with Crippen LogP contribution in [0.5, 0.6) is 5.75 Å². The second kappa shape index (κ2) is 11.5. The molecule has 1 amide bonds. The second-order valence-electron chi connectivity index (χ2n) is 11.9. The number of aryl methyl sites for hydroxylation is 1. The van der Waals surface area contributed by atoms with Gasteiger partial charge in [-0.2, -0.15) is 0 Å². The van der Waals surface area contributed by atoms with Crippen molar-refractivity contribution < 1.29 is 14.6 Å². The molecule has 6 aromatic rings. The number of amides is 1. The van der Waals surface area contributed by atoms with Gasteiger partial charge in [0.2, 0.25) is 6.23 Å². The Morgan fingerprint density at radius 2 is 1.93 bits per heavy atom. The maximum absolute atomic E-state index is 11.7. The average Bonchev–Trinajstić information content (AvgIpc) is 3.89. The maximum atomic E-state index is 11.7. The molecule has 0 radical (unpaired) electrons. The summed E-state index contributed by atoms with van der Waals surface area (Å²) in [5.74, 6) is 2.38.